The zero-order valence-electron chi connectivity index (χ0n) is 11.3. The van der Waals surface area contributed by atoms with Crippen molar-refractivity contribution in [1.29, 1.82) is 0 Å². The van der Waals surface area contributed by atoms with Crippen LogP contribution < -0.4 is 9.64 Å². The molecule has 5 nitrogen and oxygen atoms in total. The maximum Gasteiger partial charge on any atom is 0.303 e. The van der Waals surface area contributed by atoms with Gasteiger partial charge in [-0.3, -0.25) is 9.59 Å². The molecule has 1 aromatic rings. The van der Waals surface area contributed by atoms with Crippen molar-refractivity contribution in [2.24, 2.45) is 5.92 Å². The molecule has 3 rings (SSSR count). The largest absolute Gasteiger partial charge is 0.482 e. The average molecular weight is 275 g/mol. The Hall–Kier alpha value is -2.04. The minimum Gasteiger partial charge on any atom is -0.482 e. The maximum absolute atomic E-state index is 11.7. The van der Waals surface area contributed by atoms with Crippen molar-refractivity contribution in [3.8, 4) is 5.75 Å². The Bertz CT molecular complexity index is 565. The Balaban J connectivity index is 1.94. The predicted molar refractivity (Wildman–Crippen MR) is 73.1 cm³/mol. The standard InChI is InChI=1S/C15H17NO4/c1-16-12-6-10(4-5-13(12)20-8-14(16)17)11(7-15(18)19)9-2-3-9/h4-6,9,11H,2-3,7-8H2,1H3,(H,18,19). The molecule has 1 aliphatic carbocycles. The van der Waals surface area contributed by atoms with Gasteiger partial charge in [0.25, 0.3) is 5.91 Å². The molecule has 1 aliphatic heterocycles. The SMILES string of the molecule is CN1C(=O)COc2ccc(C(CC(=O)O)C3CC3)cc21. The van der Waals surface area contributed by atoms with Gasteiger partial charge in [0.2, 0.25) is 0 Å². The van der Waals surface area contributed by atoms with Crippen LogP contribution in [0.3, 0.4) is 0 Å². The van der Waals surface area contributed by atoms with Gasteiger partial charge >= 0.3 is 5.97 Å². The molecule has 20 heavy (non-hydrogen) atoms. The van der Waals surface area contributed by atoms with Crippen LogP contribution in [0.2, 0.25) is 0 Å². The summed E-state index contributed by atoms with van der Waals surface area (Å²) in [6, 6.07) is 5.66. The third-order valence-corrected chi connectivity index (χ3v) is 4.08. The zero-order valence-corrected chi connectivity index (χ0v) is 11.3. The molecule has 1 amide bonds. The van der Waals surface area contributed by atoms with Gasteiger partial charge in [0, 0.05) is 7.05 Å². The molecule has 1 fully saturated rings. The molecule has 0 radical (unpaired) electrons. The molecule has 1 unspecified atom stereocenters. The fourth-order valence-electron chi connectivity index (χ4n) is 2.76. The van der Waals surface area contributed by atoms with Gasteiger partial charge in [-0.1, -0.05) is 6.07 Å². The van der Waals surface area contributed by atoms with Gasteiger partial charge in [-0.15, -0.1) is 0 Å². The van der Waals surface area contributed by atoms with Crippen LogP contribution in [0.15, 0.2) is 18.2 Å². The number of rotatable bonds is 4. The summed E-state index contributed by atoms with van der Waals surface area (Å²) in [4.78, 5) is 24.3. The fraction of sp³-hybridized carbons (Fsp3) is 0.467. The van der Waals surface area contributed by atoms with E-state index in [0.29, 0.717) is 11.7 Å². The summed E-state index contributed by atoms with van der Waals surface area (Å²) in [7, 11) is 1.72. The second-order valence-corrected chi connectivity index (χ2v) is 5.51. The van der Waals surface area contributed by atoms with Gasteiger partial charge in [-0.2, -0.15) is 0 Å². The molecule has 1 atom stereocenters. The Morgan fingerprint density at radius 2 is 2.25 bits per heavy atom. The van der Waals surface area contributed by atoms with Crippen molar-refractivity contribution >= 4 is 17.6 Å². The van der Waals surface area contributed by atoms with Crippen molar-refractivity contribution in [1.82, 2.24) is 0 Å². The number of hydrogen-bond acceptors (Lipinski definition) is 3. The molecule has 0 aromatic heterocycles. The smallest absolute Gasteiger partial charge is 0.303 e. The summed E-state index contributed by atoms with van der Waals surface area (Å²) in [5, 5.41) is 9.07. The lowest BCUT2D eigenvalue weighted by Crippen LogP contribution is -2.35. The number of benzene rings is 1. The number of carboxylic acid groups (broad SMARTS) is 1. The first-order chi connectivity index (χ1) is 9.56. The number of amides is 1. The highest BCUT2D eigenvalue weighted by atomic mass is 16.5. The Kier molecular flexibility index (Phi) is 3.12. The number of carbonyl (C=O) groups is 2. The number of fused-ring (bicyclic) bond motifs is 1. The fourth-order valence-corrected chi connectivity index (χ4v) is 2.76. The van der Waals surface area contributed by atoms with E-state index in [0.717, 1.165) is 24.1 Å². The van der Waals surface area contributed by atoms with E-state index in [9.17, 15) is 9.59 Å². The van der Waals surface area contributed by atoms with Gasteiger partial charge in [-0.05, 0) is 42.4 Å². The highest BCUT2D eigenvalue weighted by molar-refractivity contribution is 5.97. The number of anilines is 1. The summed E-state index contributed by atoms with van der Waals surface area (Å²) in [6.45, 7) is 0.0595. The van der Waals surface area contributed by atoms with Gasteiger partial charge in [-0.25, -0.2) is 0 Å². The average Bonchev–Trinajstić information content (AvgIpc) is 3.24. The molecule has 5 heteroatoms. The van der Waals surface area contributed by atoms with Crippen molar-refractivity contribution in [2.45, 2.75) is 25.2 Å². The summed E-state index contributed by atoms with van der Waals surface area (Å²) in [6.07, 6.45) is 2.31. The van der Waals surface area contributed by atoms with Crippen LogP contribution in [0.1, 0.15) is 30.7 Å². The normalized spacial score (nSPS) is 19.2. The second kappa shape index (κ2) is 4.81. The summed E-state index contributed by atoms with van der Waals surface area (Å²) >= 11 is 0. The van der Waals surface area contributed by atoms with Crippen molar-refractivity contribution in [3.05, 3.63) is 23.8 Å². The lowest BCUT2D eigenvalue weighted by atomic mass is 9.90. The molecule has 1 N–H and O–H groups in total. The molecule has 0 saturated heterocycles. The summed E-state index contributed by atoms with van der Waals surface area (Å²) in [5.41, 5.74) is 1.72. The maximum atomic E-state index is 11.7. The van der Waals surface area contributed by atoms with E-state index in [-0.39, 0.29) is 24.9 Å². The van der Waals surface area contributed by atoms with Crippen LogP contribution >= 0.6 is 0 Å². The molecule has 2 aliphatic rings. The third kappa shape index (κ3) is 2.35. The minimum atomic E-state index is -0.777. The molecular weight excluding hydrogens is 258 g/mol. The first-order valence-corrected chi connectivity index (χ1v) is 6.81. The van der Waals surface area contributed by atoms with Crippen LogP contribution in [0.25, 0.3) is 0 Å². The first kappa shape index (κ1) is 13.0. The van der Waals surface area contributed by atoms with Gasteiger partial charge < -0.3 is 14.7 Å². The number of nitrogens with zero attached hydrogens (tertiary/aromatic N) is 1. The van der Waals surface area contributed by atoms with E-state index in [1.807, 2.05) is 18.2 Å². The van der Waals surface area contributed by atoms with Gasteiger partial charge in [0.05, 0.1) is 12.1 Å². The number of carboxylic acids is 1. The highest BCUT2D eigenvalue weighted by Crippen LogP contribution is 2.46. The molecule has 0 bridgehead atoms. The minimum absolute atomic E-state index is 0.0308. The van der Waals surface area contributed by atoms with Crippen LogP contribution in [0, 0.1) is 5.92 Å². The number of likely N-dealkylation sites (N-methyl/N-ethyl adjacent to an activating group) is 1. The van der Waals surface area contributed by atoms with Crippen LogP contribution in [-0.4, -0.2) is 30.6 Å². The van der Waals surface area contributed by atoms with Crippen molar-refractivity contribution in [3.63, 3.8) is 0 Å². The molecule has 0 spiro atoms. The number of aliphatic carboxylic acids is 1. The number of carbonyl (C=O) groups excluding carboxylic acids is 1. The van der Waals surface area contributed by atoms with Crippen molar-refractivity contribution < 1.29 is 19.4 Å². The lowest BCUT2D eigenvalue weighted by molar-refractivity contribution is -0.137. The zero-order chi connectivity index (χ0) is 14.3. The molecule has 1 aromatic carbocycles. The predicted octanol–water partition coefficient (Wildman–Crippen LogP) is 2.01. The van der Waals surface area contributed by atoms with E-state index >= 15 is 0 Å². The summed E-state index contributed by atoms with van der Waals surface area (Å²) in [5.74, 6) is 0.301. The van der Waals surface area contributed by atoms with Crippen LogP contribution in [-0.2, 0) is 9.59 Å². The van der Waals surface area contributed by atoms with Gasteiger partial charge in [0.15, 0.2) is 6.61 Å². The third-order valence-electron chi connectivity index (χ3n) is 4.08. The van der Waals surface area contributed by atoms with Crippen molar-refractivity contribution in [2.75, 3.05) is 18.6 Å². The topological polar surface area (TPSA) is 66.8 Å². The monoisotopic (exact) mass is 275 g/mol. The van der Waals surface area contributed by atoms with E-state index in [1.165, 1.54) is 0 Å². The van der Waals surface area contributed by atoms with E-state index in [4.69, 9.17) is 9.84 Å². The van der Waals surface area contributed by atoms with E-state index in [1.54, 1.807) is 11.9 Å². The molecule has 1 heterocycles. The summed E-state index contributed by atoms with van der Waals surface area (Å²) < 4.78 is 5.39. The Morgan fingerprint density at radius 1 is 1.50 bits per heavy atom. The lowest BCUT2D eigenvalue weighted by Gasteiger charge is -2.27. The Labute approximate surface area is 117 Å². The van der Waals surface area contributed by atoms with Gasteiger partial charge in [0.1, 0.15) is 5.75 Å². The molecule has 106 valence electrons. The Morgan fingerprint density at radius 3 is 2.90 bits per heavy atom. The molecule has 1 saturated carbocycles. The highest BCUT2D eigenvalue weighted by Gasteiger charge is 2.34. The van der Waals surface area contributed by atoms with E-state index in [2.05, 4.69) is 0 Å². The number of hydrogen-bond donors (Lipinski definition) is 1. The second-order valence-electron chi connectivity index (χ2n) is 5.51. The molecular formula is C15H17NO4. The quantitative estimate of drug-likeness (QED) is 0.912. The van der Waals surface area contributed by atoms with Crippen LogP contribution in [0.5, 0.6) is 5.75 Å². The number of ether oxygens (including phenoxy) is 1. The first-order valence-electron chi connectivity index (χ1n) is 6.81. The van der Waals surface area contributed by atoms with Crippen LogP contribution in [0.4, 0.5) is 5.69 Å². The van der Waals surface area contributed by atoms with E-state index < -0.39 is 5.97 Å².